The normalized spacial score (nSPS) is 26.4. The van der Waals surface area contributed by atoms with E-state index in [1.165, 1.54) is 4.90 Å². The van der Waals surface area contributed by atoms with E-state index in [1.807, 2.05) is 6.07 Å². The van der Waals surface area contributed by atoms with Crippen LogP contribution in [0.15, 0.2) is 24.3 Å². The summed E-state index contributed by atoms with van der Waals surface area (Å²) in [5.74, 6) is -0.124. The Morgan fingerprint density at radius 1 is 1.38 bits per heavy atom. The van der Waals surface area contributed by atoms with Crippen molar-refractivity contribution in [3.63, 3.8) is 0 Å². The highest BCUT2D eigenvalue weighted by Crippen LogP contribution is 2.34. The summed E-state index contributed by atoms with van der Waals surface area (Å²) in [6.07, 6.45) is 0. The second-order valence-electron chi connectivity index (χ2n) is 3.43. The molecule has 0 saturated heterocycles. The Kier molecular flexibility index (Phi) is 1.48. The fourth-order valence-electron chi connectivity index (χ4n) is 1.64. The van der Waals surface area contributed by atoms with E-state index in [0.717, 1.165) is 0 Å². The quantitative estimate of drug-likeness (QED) is 0.640. The first kappa shape index (κ1) is 8.26. The van der Waals surface area contributed by atoms with Crippen LogP contribution in [0, 0.1) is 0 Å². The predicted molar refractivity (Wildman–Crippen MR) is 48.1 cm³/mol. The van der Waals surface area contributed by atoms with Crippen LogP contribution < -0.4 is 0 Å². The van der Waals surface area contributed by atoms with E-state index >= 15 is 0 Å². The van der Waals surface area contributed by atoms with Gasteiger partial charge in [-0.2, -0.15) is 0 Å². The van der Waals surface area contributed by atoms with Crippen molar-refractivity contribution >= 4 is 5.91 Å². The van der Waals surface area contributed by atoms with E-state index in [-0.39, 0.29) is 5.91 Å². The molecule has 1 amide bonds. The zero-order valence-corrected chi connectivity index (χ0v) is 7.61. The molecule has 3 heteroatoms. The molecule has 0 aromatic heterocycles. The number of fused-ring (bicyclic) bond motifs is 1. The molecule has 0 unspecified atom stereocenters. The van der Waals surface area contributed by atoms with Gasteiger partial charge in [0.1, 0.15) is 0 Å². The zero-order valence-electron chi connectivity index (χ0n) is 7.61. The molecule has 0 spiro atoms. The Morgan fingerprint density at radius 3 is 2.62 bits per heavy atom. The molecular weight excluding hydrogens is 166 g/mol. The van der Waals surface area contributed by atoms with Crippen molar-refractivity contribution < 1.29 is 9.90 Å². The maximum Gasteiger partial charge on any atom is 0.256 e. The summed E-state index contributed by atoms with van der Waals surface area (Å²) >= 11 is 0. The summed E-state index contributed by atoms with van der Waals surface area (Å²) < 4.78 is 0. The van der Waals surface area contributed by atoms with E-state index in [9.17, 15) is 9.90 Å². The molecule has 0 radical (unpaired) electrons. The molecule has 13 heavy (non-hydrogen) atoms. The van der Waals surface area contributed by atoms with Crippen LogP contribution in [-0.2, 0) is 5.72 Å². The largest absolute Gasteiger partial charge is 0.367 e. The highest BCUT2D eigenvalue weighted by atomic mass is 16.3. The summed E-state index contributed by atoms with van der Waals surface area (Å²) in [6, 6.07) is 7.12. The second-order valence-corrected chi connectivity index (χ2v) is 3.43. The Morgan fingerprint density at radius 2 is 2.00 bits per heavy atom. The van der Waals surface area contributed by atoms with E-state index in [1.54, 1.807) is 32.2 Å². The maximum atomic E-state index is 11.6. The Labute approximate surface area is 76.6 Å². The Bertz CT molecular complexity index is 371. The third-order valence-corrected chi connectivity index (χ3v) is 2.63. The highest BCUT2D eigenvalue weighted by Gasteiger charge is 2.42. The summed E-state index contributed by atoms with van der Waals surface area (Å²) in [4.78, 5) is 12.9. The van der Waals surface area contributed by atoms with Crippen LogP contribution in [0.3, 0.4) is 0 Å². The highest BCUT2D eigenvalue weighted by molar-refractivity contribution is 5.99. The SMILES string of the molecule is CN1C(=O)c2ccccc2[C@@]1(C)O. The molecule has 1 atom stereocenters. The number of benzene rings is 1. The summed E-state index contributed by atoms with van der Waals surface area (Å²) in [7, 11) is 1.60. The van der Waals surface area contributed by atoms with Crippen molar-refractivity contribution in [2.24, 2.45) is 0 Å². The van der Waals surface area contributed by atoms with Gasteiger partial charge < -0.3 is 10.0 Å². The molecule has 0 aliphatic carbocycles. The van der Waals surface area contributed by atoms with Gasteiger partial charge in [-0.25, -0.2) is 0 Å². The van der Waals surface area contributed by atoms with Gasteiger partial charge in [0.05, 0.1) is 0 Å². The van der Waals surface area contributed by atoms with Crippen LogP contribution in [0.4, 0.5) is 0 Å². The minimum absolute atomic E-state index is 0.124. The summed E-state index contributed by atoms with van der Waals surface area (Å²) in [5.41, 5.74) is 0.116. The molecule has 0 fully saturated rings. The van der Waals surface area contributed by atoms with Crippen LogP contribution in [0.2, 0.25) is 0 Å². The molecule has 0 bridgehead atoms. The summed E-state index contributed by atoms with van der Waals surface area (Å²) in [5, 5.41) is 9.99. The van der Waals surface area contributed by atoms with Crippen molar-refractivity contribution in [1.29, 1.82) is 0 Å². The van der Waals surface area contributed by atoms with Gasteiger partial charge in [-0.1, -0.05) is 18.2 Å². The zero-order chi connectivity index (χ0) is 9.64. The molecule has 1 aliphatic heterocycles. The lowest BCUT2D eigenvalue weighted by atomic mass is 10.0. The number of rotatable bonds is 0. The van der Waals surface area contributed by atoms with E-state index < -0.39 is 5.72 Å². The van der Waals surface area contributed by atoms with Gasteiger partial charge >= 0.3 is 0 Å². The number of hydrogen-bond donors (Lipinski definition) is 1. The molecule has 0 saturated carbocycles. The fraction of sp³-hybridized carbons (Fsp3) is 0.300. The first-order valence-corrected chi connectivity index (χ1v) is 4.15. The first-order valence-electron chi connectivity index (χ1n) is 4.15. The molecule has 1 aromatic carbocycles. The fourth-order valence-corrected chi connectivity index (χ4v) is 1.64. The molecule has 2 rings (SSSR count). The molecular formula is C10H11NO2. The van der Waals surface area contributed by atoms with E-state index in [0.29, 0.717) is 11.1 Å². The van der Waals surface area contributed by atoms with Crippen molar-refractivity contribution in [3.8, 4) is 0 Å². The molecule has 68 valence electrons. The van der Waals surface area contributed by atoms with Gasteiger partial charge in [-0.15, -0.1) is 0 Å². The number of carbonyl (C=O) groups is 1. The number of hydrogen-bond acceptors (Lipinski definition) is 2. The van der Waals surface area contributed by atoms with Gasteiger partial charge in [0.25, 0.3) is 5.91 Å². The first-order chi connectivity index (χ1) is 6.05. The van der Waals surface area contributed by atoms with Crippen molar-refractivity contribution in [2.45, 2.75) is 12.6 Å². The predicted octanol–water partition coefficient (Wildman–Crippen LogP) is 0.937. The molecule has 1 heterocycles. The number of nitrogens with zero attached hydrogens (tertiary/aromatic N) is 1. The van der Waals surface area contributed by atoms with Gasteiger partial charge in [-0.05, 0) is 13.0 Å². The van der Waals surface area contributed by atoms with Gasteiger partial charge in [0.2, 0.25) is 0 Å². The van der Waals surface area contributed by atoms with Gasteiger partial charge in [-0.3, -0.25) is 4.79 Å². The van der Waals surface area contributed by atoms with E-state index in [2.05, 4.69) is 0 Å². The number of amides is 1. The van der Waals surface area contributed by atoms with Crippen molar-refractivity contribution in [1.82, 2.24) is 4.90 Å². The molecule has 3 nitrogen and oxygen atoms in total. The number of aliphatic hydroxyl groups is 1. The molecule has 1 aromatic rings. The average molecular weight is 177 g/mol. The monoisotopic (exact) mass is 177 g/mol. The lowest BCUT2D eigenvalue weighted by Gasteiger charge is -2.26. The minimum Gasteiger partial charge on any atom is -0.367 e. The Balaban J connectivity index is 2.68. The lowest BCUT2D eigenvalue weighted by Crippen LogP contribution is -2.37. The Hall–Kier alpha value is -1.35. The molecule has 1 aliphatic rings. The van der Waals surface area contributed by atoms with Gasteiger partial charge in [0.15, 0.2) is 5.72 Å². The third kappa shape index (κ3) is 0.906. The maximum absolute atomic E-state index is 11.6. The lowest BCUT2D eigenvalue weighted by molar-refractivity contribution is -0.0558. The topological polar surface area (TPSA) is 40.5 Å². The average Bonchev–Trinajstić information content (AvgIpc) is 2.30. The number of carbonyl (C=O) groups excluding carboxylic acids is 1. The minimum atomic E-state index is -1.16. The van der Waals surface area contributed by atoms with Crippen molar-refractivity contribution in [3.05, 3.63) is 35.4 Å². The van der Waals surface area contributed by atoms with Crippen LogP contribution in [0.25, 0.3) is 0 Å². The second kappa shape index (κ2) is 2.33. The summed E-state index contributed by atoms with van der Waals surface area (Å²) in [6.45, 7) is 1.62. The van der Waals surface area contributed by atoms with Crippen LogP contribution >= 0.6 is 0 Å². The smallest absolute Gasteiger partial charge is 0.256 e. The standard InChI is InChI=1S/C10H11NO2/c1-10(13)8-6-4-3-5-7(8)9(12)11(10)2/h3-6,13H,1-2H3/t10-/m1/s1. The molecule has 1 N–H and O–H groups in total. The van der Waals surface area contributed by atoms with Gasteiger partial charge in [0, 0.05) is 18.2 Å². The van der Waals surface area contributed by atoms with E-state index in [4.69, 9.17) is 0 Å². The van der Waals surface area contributed by atoms with Crippen LogP contribution in [0.1, 0.15) is 22.8 Å². The van der Waals surface area contributed by atoms with Crippen LogP contribution in [0.5, 0.6) is 0 Å². The van der Waals surface area contributed by atoms with Crippen LogP contribution in [-0.4, -0.2) is 23.0 Å². The van der Waals surface area contributed by atoms with Crippen molar-refractivity contribution in [2.75, 3.05) is 7.05 Å². The third-order valence-electron chi connectivity index (χ3n) is 2.63.